The molecule has 0 saturated heterocycles. The van der Waals surface area contributed by atoms with Gasteiger partial charge in [-0.25, -0.2) is 21.2 Å². The van der Waals surface area contributed by atoms with E-state index in [1.165, 1.54) is 24.3 Å². The van der Waals surface area contributed by atoms with Gasteiger partial charge in [-0.05, 0) is 47.2 Å². The topological polar surface area (TPSA) is 62.3 Å². The van der Waals surface area contributed by atoms with Crippen LogP contribution in [0.15, 0.2) is 65.7 Å². The van der Waals surface area contributed by atoms with Gasteiger partial charge in [-0.3, -0.25) is 5.21 Å². The van der Waals surface area contributed by atoms with Gasteiger partial charge in [-0.1, -0.05) is 12.1 Å². The maximum atomic E-state index is 14.3. The number of hydrogen-bond acceptors (Lipinski definition) is 3. The van der Waals surface area contributed by atoms with Crippen LogP contribution in [-0.2, 0) is 10.0 Å². The summed E-state index contributed by atoms with van der Waals surface area (Å²) in [7, 11) is -4.28. The van der Waals surface area contributed by atoms with Crippen molar-refractivity contribution >= 4 is 16.2 Å². The number of nitrogens with zero attached hydrogens (tertiary/aromatic N) is 2. The second-order valence-electron chi connectivity index (χ2n) is 5.37. The first-order valence-electron chi connectivity index (χ1n) is 8.82. The fourth-order valence-electron chi connectivity index (χ4n) is 2.46. The molecule has 1 aromatic heterocycles. The van der Waals surface area contributed by atoms with Crippen molar-refractivity contribution < 1.29 is 31.3 Å². The van der Waals surface area contributed by atoms with Crippen molar-refractivity contribution in [2.75, 3.05) is 6.98 Å². The predicted molar refractivity (Wildman–Crippen MR) is 91.9 cm³/mol. The van der Waals surface area contributed by atoms with Crippen molar-refractivity contribution in [1.29, 1.82) is 0 Å². The Kier molecular flexibility index (Phi) is 3.67. The summed E-state index contributed by atoms with van der Waals surface area (Å²) in [6.45, 7) is -2.88. The number of halogens is 2. The van der Waals surface area contributed by atoms with Crippen LogP contribution in [0, 0.1) is 11.6 Å². The van der Waals surface area contributed by atoms with Crippen molar-refractivity contribution in [3.8, 4) is 11.3 Å². The first-order valence-corrected chi connectivity index (χ1v) is 8.76. The molecule has 0 amide bonds. The minimum atomic E-state index is -4.28. The van der Waals surface area contributed by atoms with Crippen molar-refractivity contribution in [1.82, 2.24) is 3.97 Å². The minimum Gasteiger partial charge on any atom is -0.291 e. The molecule has 134 valence electrons. The molecule has 5 nitrogen and oxygen atoms in total. The Labute approximate surface area is 153 Å². The summed E-state index contributed by atoms with van der Waals surface area (Å²) in [6, 6.07) is 10.7. The summed E-state index contributed by atoms with van der Waals surface area (Å²) in [5, 5.41) is 9.66. The van der Waals surface area contributed by atoms with Crippen molar-refractivity contribution in [2.24, 2.45) is 0 Å². The summed E-state index contributed by atoms with van der Waals surface area (Å²) in [4.78, 5) is -0.254. The molecule has 2 aromatic carbocycles. The van der Waals surface area contributed by atoms with E-state index < -0.39 is 28.6 Å². The maximum Gasteiger partial charge on any atom is 0.268 e. The zero-order valence-electron chi connectivity index (χ0n) is 16.2. The number of benzene rings is 2. The number of hydroxylamine groups is 1. The molecule has 0 spiro atoms. The maximum absolute atomic E-state index is 14.3. The first kappa shape index (κ1) is 14.2. The smallest absolute Gasteiger partial charge is 0.268 e. The Morgan fingerprint density at radius 2 is 1.85 bits per heavy atom. The van der Waals surface area contributed by atoms with Crippen LogP contribution in [0.25, 0.3) is 11.3 Å². The van der Waals surface area contributed by atoms with Crippen LogP contribution in [0.1, 0.15) is 9.68 Å². The number of hydrogen-bond donors (Lipinski definition) is 1. The van der Waals surface area contributed by atoms with Crippen molar-refractivity contribution in [3.05, 3.63) is 78.0 Å². The van der Waals surface area contributed by atoms with Gasteiger partial charge in [-0.15, -0.1) is 0 Å². The van der Waals surface area contributed by atoms with Crippen LogP contribution in [0.5, 0.6) is 0 Å². The average molecular weight is 380 g/mol. The number of rotatable bonds is 4. The van der Waals surface area contributed by atoms with Crippen LogP contribution in [0.4, 0.5) is 8.78 Å². The quantitative estimate of drug-likeness (QED) is 0.327. The Bertz CT molecular complexity index is 1190. The van der Waals surface area contributed by atoms with Gasteiger partial charge >= 0.3 is 0 Å². The molecule has 0 bridgehead atoms. The summed E-state index contributed by atoms with van der Waals surface area (Å²) < 4.78 is 75.9. The lowest BCUT2D eigenvalue weighted by molar-refractivity contribution is -0.750. The van der Waals surface area contributed by atoms with E-state index in [0.717, 1.165) is 46.7 Å². The van der Waals surface area contributed by atoms with Gasteiger partial charge in [0.1, 0.15) is 15.7 Å². The van der Waals surface area contributed by atoms with E-state index in [1.807, 2.05) is 0 Å². The summed E-state index contributed by atoms with van der Waals surface area (Å²) in [5.74, 6) is -1.34. The van der Waals surface area contributed by atoms with E-state index in [1.54, 1.807) is 0 Å². The molecule has 0 atom stereocenters. The molecule has 0 unspecified atom stereocenters. The molecule has 0 aliphatic rings. The Balaban J connectivity index is 2.25. The molecule has 0 aliphatic carbocycles. The molecule has 1 N–H and O–H groups in total. The van der Waals surface area contributed by atoms with Crippen LogP contribution in [0.2, 0.25) is 0 Å². The molecule has 3 rings (SSSR count). The lowest BCUT2D eigenvalue weighted by atomic mass is 10.1. The van der Waals surface area contributed by atoms with Gasteiger partial charge in [0.05, 0.1) is 16.2 Å². The normalized spacial score (nSPS) is 14.5. The summed E-state index contributed by atoms with van der Waals surface area (Å²) in [5.41, 5.74) is -0.165. The molecule has 0 radical (unpaired) electrons. The Hall–Kier alpha value is -3.00. The van der Waals surface area contributed by atoms with Crippen LogP contribution >= 0.6 is 0 Å². The second-order valence-corrected chi connectivity index (χ2v) is 7.18. The molecule has 1 heterocycles. The zero-order valence-corrected chi connectivity index (χ0v) is 14.0. The Morgan fingerprint density at radius 3 is 2.50 bits per heavy atom. The van der Waals surface area contributed by atoms with Gasteiger partial charge in [0.15, 0.2) is 6.98 Å². The standard InChI is InChI=1S/C18H15F2N2O3S/c1-21(23)11-13-10-18(16-4-2-3-5-17(16)20)22(12-13)26(24,25)15-8-6-14(19)7-9-15/h2-12,23H,1H3/q+1/i1D3. The van der Waals surface area contributed by atoms with E-state index in [0.29, 0.717) is 0 Å². The van der Waals surface area contributed by atoms with Crippen LogP contribution < -0.4 is 0 Å². The predicted octanol–water partition coefficient (Wildman–Crippen LogP) is 3.12. The van der Waals surface area contributed by atoms with E-state index in [4.69, 9.17) is 4.11 Å². The highest BCUT2D eigenvalue weighted by molar-refractivity contribution is 7.90. The summed E-state index contributed by atoms with van der Waals surface area (Å²) in [6.07, 6.45) is 1.84. The van der Waals surface area contributed by atoms with Gasteiger partial charge in [0.25, 0.3) is 10.0 Å². The largest absolute Gasteiger partial charge is 0.291 e. The summed E-state index contributed by atoms with van der Waals surface area (Å²) >= 11 is 0. The molecular formula is C18H15F2N2O3S+. The third kappa shape index (κ3) is 3.36. The van der Waals surface area contributed by atoms with Crippen molar-refractivity contribution in [3.63, 3.8) is 0 Å². The highest BCUT2D eigenvalue weighted by atomic mass is 32.2. The van der Waals surface area contributed by atoms with Gasteiger partial charge in [0, 0.05) is 11.8 Å². The Morgan fingerprint density at radius 1 is 1.15 bits per heavy atom. The van der Waals surface area contributed by atoms with Crippen LogP contribution in [0.3, 0.4) is 0 Å². The lowest BCUT2D eigenvalue weighted by Crippen LogP contribution is -2.13. The zero-order chi connectivity index (χ0) is 21.4. The SMILES string of the molecule is [2H]C([2H])([2H])/[N+](O)=C\c1cc(-c2ccccc2F)n(S(=O)(=O)c2ccc(F)cc2)c1. The molecule has 0 saturated carbocycles. The first-order chi connectivity index (χ1) is 13.5. The van der Waals surface area contributed by atoms with E-state index >= 15 is 0 Å². The van der Waals surface area contributed by atoms with E-state index in [-0.39, 0.29) is 26.5 Å². The monoisotopic (exact) mass is 380 g/mol. The van der Waals surface area contributed by atoms with Crippen molar-refractivity contribution in [2.45, 2.75) is 4.90 Å². The molecule has 8 heteroatoms. The highest BCUT2D eigenvalue weighted by Gasteiger charge is 2.23. The van der Waals surface area contributed by atoms with Crippen LogP contribution in [-0.4, -0.2) is 35.5 Å². The van der Waals surface area contributed by atoms with E-state index in [9.17, 15) is 22.4 Å². The third-order valence-corrected chi connectivity index (χ3v) is 5.29. The molecule has 26 heavy (non-hydrogen) atoms. The molecular weight excluding hydrogens is 362 g/mol. The van der Waals surface area contributed by atoms with E-state index in [2.05, 4.69) is 0 Å². The minimum absolute atomic E-state index is 0.00688. The fraction of sp³-hybridized carbons (Fsp3) is 0.0556. The molecule has 0 aliphatic heterocycles. The number of aromatic nitrogens is 1. The van der Waals surface area contributed by atoms with Gasteiger partial charge in [0.2, 0.25) is 6.21 Å². The van der Waals surface area contributed by atoms with Gasteiger partial charge < -0.3 is 0 Å². The highest BCUT2D eigenvalue weighted by Crippen LogP contribution is 2.28. The average Bonchev–Trinajstić information content (AvgIpc) is 3.06. The van der Waals surface area contributed by atoms with Gasteiger partial charge in [-0.2, -0.15) is 0 Å². The molecule has 0 fully saturated rings. The fourth-order valence-corrected chi connectivity index (χ4v) is 3.84. The molecule has 3 aromatic rings. The second kappa shape index (κ2) is 6.72. The lowest BCUT2D eigenvalue weighted by Gasteiger charge is -2.11. The third-order valence-electron chi connectivity index (χ3n) is 3.60.